The summed E-state index contributed by atoms with van der Waals surface area (Å²) in [6.45, 7) is 1.92. The predicted octanol–water partition coefficient (Wildman–Crippen LogP) is 0.241. The van der Waals surface area contributed by atoms with Crippen molar-refractivity contribution < 1.29 is 28.5 Å². The summed E-state index contributed by atoms with van der Waals surface area (Å²) in [5.74, 6) is -0.388. The molecule has 0 N–H and O–H groups in total. The van der Waals surface area contributed by atoms with Gasteiger partial charge in [-0.3, -0.25) is 4.79 Å². The highest BCUT2D eigenvalue weighted by Gasteiger charge is 2.32. The molecule has 102 valence electrons. The van der Waals surface area contributed by atoms with E-state index in [0.29, 0.717) is 6.61 Å². The molecule has 0 aliphatic heterocycles. The quantitative estimate of drug-likeness (QED) is 0.546. The fraction of sp³-hybridized carbons (Fsp3) is 0.909. The molecule has 6 heteroatoms. The Kier molecular flexibility index (Phi) is 8.97. The van der Waals surface area contributed by atoms with E-state index in [-0.39, 0.29) is 18.7 Å². The van der Waals surface area contributed by atoms with E-state index in [9.17, 15) is 4.79 Å². The highest BCUT2D eigenvalue weighted by atomic mass is 16.6. The zero-order chi connectivity index (χ0) is 13.3. The van der Waals surface area contributed by atoms with Crippen LogP contribution < -0.4 is 0 Å². The van der Waals surface area contributed by atoms with Crippen molar-refractivity contribution in [3.63, 3.8) is 0 Å². The topological polar surface area (TPSA) is 63.2 Å². The SMILES string of the molecule is COC[C@H](OC)[C@H](OC)[C@@H](COC)OC(C)=O. The van der Waals surface area contributed by atoms with Gasteiger partial charge >= 0.3 is 5.97 Å². The van der Waals surface area contributed by atoms with E-state index < -0.39 is 12.2 Å². The average molecular weight is 250 g/mol. The van der Waals surface area contributed by atoms with Gasteiger partial charge in [0.15, 0.2) is 6.10 Å². The summed E-state index contributed by atoms with van der Waals surface area (Å²) in [6.07, 6.45) is -1.30. The first kappa shape index (κ1) is 16.3. The summed E-state index contributed by atoms with van der Waals surface area (Å²) >= 11 is 0. The summed E-state index contributed by atoms with van der Waals surface area (Å²) in [5, 5.41) is 0. The van der Waals surface area contributed by atoms with Gasteiger partial charge in [-0.15, -0.1) is 0 Å². The second-order valence-electron chi connectivity index (χ2n) is 3.53. The molecule has 0 aromatic rings. The highest BCUT2D eigenvalue weighted by Crippen LogP contribution is 2.12. The van der Waals surface area contributed by atoms with Crippen LogP contribution in [0.4, 0.5) is 0 Å². The van der Waals surface area contributed by atoms with Crippen molar-refractivity contribution in [2.75, 3.05) is 41.7 Å². The number of ether oxygens (including phenoxy) is 5. The third kappa shape index (κ3) is 5.97. The van der Waals surface area contributed by atoms with Gasteiger partial charge in [-0.1, -0.05) is 0 Å². The molecule has 0 aromatic carbocycles. The summed E-state index contributed by atoms with van der Waals surface area (Å²) in [5.41, 5.74) is 0. The van der Waals surface area contributed by atoms with Crippen molar-refractivity contribution in [3.05, 3.63) is 0 Å². The van der Waals surface area contributed by atoms with Crippen molar-refractivity contribution in [1.29, 1.82) is 0 Å². The van der Waals surface area contributed by atoms with Gasteiger partial charge in [-0.05, 0) is 0 Å². The second kappa shape index (κ2) is 9.35. The Labute approximate surface area is 102 Å². The van der Waals surface area contributed by atoms with Gasteiger partial charge < -0.3 is 23.7 Å². The third-order valence-electron chi connectivity index (χ3n) is 2.29. The van der Waals surface area contributed by atoms with E-state index in [0.717, 1.165) is 0 Å². The van der Waals surface area contributed by atoms with Gasteiger partial charge in [-0.2, -0.15) is 0 Å². The molecule has 0 fully saturated rings. The van der Waals surface area contributed by atoms with E-state index >= 15 is 0 Å². The van der Waals surface area contributed by atoms with E-state index in [1.165, 1.54) is 21.1 Å². The predicted molar refractivity (Wildman–Crippen MR) is 60.9 cm³/mol. The smallest absolute Gasteiger partial charge is 0.303 e. The Hall–Kier alpha value is -0.690. The molecule has 0 unspecified atom stereocenters. The van der Waals surface area contributed by atoms with Gasteiger partial charge in [0.1, 0.15) is 12.2 Å². The molecule has 0 aliphatic rings. The summed E-state index contributed by atoms with van der Waals surface area (Å²) < 4.78 is 25.7. The summed E-state index contributed by atoms with van der Waals surface area (Å²) in [6, 6.07) is 0. The van der Waals surface area contributed by atoms with Gasteiger partial charge in [0.05, 0.1) is 13.2 Å². The molecule has 0 radical (unpaired) electrons. The standard InChI is InChI=1S/C11H22O6/c1-8(12)17-10(7-14-3)11(16-5)9(15-4)6-13-2/h9-11H,6-7H2,1-5H3/t9-,10+,11-/m0/s1. The van der Waals surface area contributed by atoms with E-state index in [1.807, 2.05) is 0 Å². The Morgan fingerprint density at radius 3 is 1.82 bits per heavy atom. The van der Waals surface area contributed by atoms with Crippen LogP contribution in [0.5, 0.6) is 0 Å². The molecule has 0 aliphatic carbocycles. The van der Waals surface area contributed by atoms with Crippen molar-refractivity contribution in [2.45, 2.75) is 25.2 Å². The lowest BCUT2D eigenvalue weighted by molar-refractivity contribution is -0.171. The van der Waals surface area contributed by atoms with Gasteiger partial charge in [0.25, 0.3) is 0 Å². The Morgan fingerprint density at radius 1 is 0.941 bits per heavy atom. The molecule has 6 nitrogen and oxygen atoms in total. The van der Waals surface area contributed by atoms with E-state index in [2.05, 4.69) is 0 Å². The van der Waals surface area contributed by atoms with Crippen LogP contribution in [0.1, 0.15) is 6.92 Å². The largest absolute Gasteiger partial charge is 0.457 e. The van der Waals surface area contributed by atoms with Gasteiger partial charge in [0.2, 0.25) is 0 Å². The first-order chi connectivity index (χ1) is 8.10. The Morgan fingerprint density at radius 2 is 1.47 bits per heavy atom. The van der Waals surface area contributed by atoms with Gasteiger partial charge in [0, 0.05) is 35.4 Å². The second-order valence-corrected chi connectivity index (χ2v) is 3.53. The molecule has 0 saturated carbocycles. The van der Waals surface area contributed by atoms with Crippen LogP contribution >= 0.6 is 0 Å². The van der Waals surface area contributed by atoms with Crippen molar-refractivity contribution in [2.24, 2.45) is 0 Å². The minimum atomic E-state index is -0.525. The number of esters is 1. The molecule has 0 bridgehead atoms. The van der Waals surface area contributed by atoms with Crippen LogP contribution in [0.2, 0.25) is 0 Å². The number of rotatable bonds is 9. The molecule has 0 rings (SSSR count). The van der Waals surface area contributed by atoms with E-state index in [1.54, 1.807) is 14.2 Å². The van der Waals surface area contributed by atoms with Crippen molar-refractivity contribution in [3.8, 4) is 0 Å². The Balaban J connectivity index is 4.66. The first-order valence-corrected chi connectivity index (χ1v) is 5.31. The van der Waals surface area contributed by atoms with Gasteiger partial charge in [-0.25, -0.2) is 0 Å². The molecular weight excluding hydrogens is 228 g/mol. The van der Waals surface area contributed by atoms with Crippen LogP contribution in [-0.2, 0) is 28.5 Å². The van der Waals surface area contributed by atoms with Crippen molar-refractivity contribution in [1.82, 2.24) is 0 Å². The average Bonchev–Trinajstić information content (AvgIpc) is 2.28. The maximum atomic E-state index is 11.0. The van der Waals surface area contributed by atoms with E-state index in [4.69, 9.17) is 23.7 Å². The maximum Gasteiger partial charge on any atom is 0.303 e. The molecule has 0 amide bonds. The zero-order valence-electron chi connectivity index (χ0n) is 11.1. The molecule has 17 heavy (non-hydrogen) atoms. The Bertz CT molecular complexity index is 208. The fourth-order valence-corrected chi connectivity index (χ4v) is 1.58. The monoisotopic (exact) mass is 250 g/mol. The van der Waals surface area contributed by atoms with Crippen LogP contribution in [0.25, 0.3) is 0 Å². The third-order valence-corrected chi connectivity index (χ3v) is 2.29. The number of hydrogen-bond acceptors (Lipinski definition) is 6. The van der Waals surface area contributed by atoms with Crippen LogP contribution in [0, 0.1) is 0 Å². The molecule has 0 heterocycles. The maximum absolute atomic E-state index is 11.0. The fourth-order valence-electron chi connectivity index (χ4n) is 1.58. The van der Waals surface area contributed by atoms with Crippen LogP contribution in [0.15, 0.2) is 0 Å². The highest BCUT2D eigenvalue weighted by molar-refractivity contribution is 5.66. The number of carbonyl (C=O) groups excluding carboxylic acids is 1. The summed E-state index contributed by atoms with van der Waals surface area (Å²) in [7, 11) is 6.17. The molecular formula is C11H22O6. The molecule has 0 spiro atoms. The lowest BCUT2D eigenvalue weighted by Crippen LogP contribution is -2.46. The zero-order valence-corrected chi connectivity index (χ0v) is 11.1. The number of hydrogen-bond donors (Lipinski definition) is 0. The lowest BCUT2D eigenvalue weighted by Gasteiger charge is -2.30. The minimum Gasteiger partial charge on any atom is -0.457 e. The number of carbonyl (C=O) groups is 1. The molecule has 0 saturated heterocycles. The van der Waals surface area contributed by atoms with Crippen LogP contribution in [0.3, 0.4) is 0 Å². The molecule has 0 aromatic heterocycles. The van der Waals surface area contributed by atoms with Crippen LogP contribution in [-0.4, -0.2) is 65.9 Å². The van der Waals surface area contributed by atoms with Crippen molar-refractivity contribution >= 4 is 5.97 Å². The first-order valence-electron chi connectivity index (χ1n) is 5.31. The normalized spacial score (nSPS) is 16.3. The number of methoxy groups -OCH3 is 4. The molecule has 3 atom stereocenters. The summed E-state index contributed by atoms with van der Waals surface area (Å²) in [4.78, 5) is 11.0. The minimum absolute atomic E-state index is 0.238. The lowest BCUT2D eigenvalue weighted by atomic mass is 10.1.